The van der Waals surface area contributed by atoms with Gasteiger partial charge in [0.15, 0.2) is 0 Å². The van der Waals surface area contributed by atoms with E-state index >= 15 is 0 Å². The number of aromatic nitrogens is 4. The lowest BCUT2D eigenvalue weighted by molar-refractivity contribution is 0.200. The molecule has 1 saturated heterocycles. The van der Waals surface area contributed by atoms with E-state index in [-0.39, 0.29) is 24.2 Å². The molecule has 0 saturated carbocycles. The maximum Gasteiger partial charge on any atom is 0.0714 e. The molecule has 172 valence electrons. The topological polar surface area (TPSA) is 75.6 Å². The van der Waals surface area contributed by atoms with Crippen LogP contribution in [0.1, 0.15) is 69.2 Å². The zero-order valence-corrected chi connectivity index (χ0v) is 20.0. The van der Waals surface area contributed by atoms with Gasteiger partial charge in [0.2, 0.25) is 0 Å². The molecule has 4 aromatic rings. The number of pyridine rings is 4. The van der Waals surface area contributed by atoms with Crippen molar-refractivity contribution in [2.24, 2.45) is 0 Å². The number of hydrogen-bond acceptors (Lipinski definition) is 6. The van der Waals surface area contributed by atoms with Crippen molar-refractivity contribution in [3.8, 4) is 0 Å². The lowest BCUT2D eigenvalue weighted by atomic mass is 9.87. The second-order valence-corrected chi connectivity index (χ2v) is 9.28. The van der Waals surface area contributed by atoms with Crippen molar-refractivity contribution < 1.29 is 0 Å². The summed E-state index contributed by atoms with van der Waals surface area (Å²) in [5, 5.41) is 7.82. The molecule has 5 heterocycles. The summed E-state index contributed by atoms with van der Waals surface area (Å²) >= 11 is 0. The Bertz CT molecular complexity index is 1100. The number of rotatable bonds is 4. The van der Waals surface area contributed by atoms with E-state index in [4.69, 9.17) is 19.9 Å². The van der Waals surface area contributed by atoms with Gasteiger partial charge < -0.3 is 0 Å². The van der Waals surface area contributed by atoms with Gasteiger partial charge in [-0.3, -0.25) is 30.6 Å². The highest BCUT2D eigenvalue weighted by atomic mass is 15.2. The van der Waals surface area contributed by atoms with Gasteiger partial charge in [-0.05, 0) is 98.5 Å². The molecule has 0 spiro atoms. The van der Waals surface area contributed by atoms with E-state index in [0.717, 1.165) is 22.8 Å². The number of piperazine rings is 1. The summed E-state index contributed by atoms with van der Waals surface area (Å²) in [5.74, 6) is 0. The lowest BCUT2D eigenvalue weighted by Gasteiger charge is -2.43. The largest absolute Gasteiger partial charge is 0.297 e. The molecule has 0 bridgehead atoms. The molecule has 2 N–H and O–H groups in total. The third-order valence-electron chi connectivity index (χ3n) is 6.41. The summed E-state index contributed by atoms with van der Waals surface area (Å²) < 4.78 is 0. The molecule has 0 aromatic carbocycles. The number of nitrogens with one attached hydrogen (secondary N) is 2. The smallest absolute Gasteiger partial charge is 0.0714 e. The van der Waals surface area contributed by atoms with Gasteiger partial charge in [-0.15, -0.1) is 0 Å². The molecule has 0 unspecified atom stereocenters. The van der Waals surface area contributed by atoms with Gasteiger partial charge in [0.25, 0.3) is 0 Å². The molecular weight excluding hydrogens is 420 g/mol. The lowest BCUT2D eigenvalue weighted by Crippen LogP contribution is -2.50. The van der Waals surface area contributed by atoms with Gasteiger partial charge in [-0.1, -0.05) is 0 Å². The molecule has 4 aromatic heterocycles. The molecule has 0 radical (unpaired) electrons. The number of aryl methyl sites for hydroxylation is 4. The van der Waals surface area contributed by atoms with Crippen LogP contribution in [-0.4, -0.2) is 19.9 Å². The summed E-state index contributed by atoms with van der Waals surface area (Å²) in [6, 6.07) is 16.3. The van der Waals surface area contributed by atoms with E-state index in [1.54, 1.807) is 0 Å². The Morgan fingerprint density at radius 3 is 0.882 bits per heavy atom. The zero-order valence-electron chi connectivity index (χ0n) is 20.0. The molecule has 1 aliphatic heterocycles. The van der Waals surface area contributed by atoms with Gasteiger partial charge in [0.1, 0.15) is 0 Å². The molecule has 0 amide bonds. The van der Waals surface area contributed by atoms with E-state index in [0.29, 0.717) is 0 Å². The van der Waals surface area contributed by atoms with E-state index in [9.17, 15) is 0 Å². The van der Waals surface area contributed by atoms with Gasteiger partial charge in [-0.25, -0.2) is 0 Å². The molecule has 4 atom stereocenters. The highest BCUT2D eigenvalue weighted by molar-refractivity contribution is 5.31. The maximum atomic E-state index is 4.75. The van der Waals surface area contributed by atoms with Gasteiger partial charge >= 0.3 is 0 Å². The van der Waals surface area contributed by atoms with Crippen molar-refractivity contribution in [3.63, 3.8) is 0 Å². The van der Waals surface area contributed by atoms with Crippen LogP contribution in [0.2, 0.25) is 0 Å². The standard InChI is InChI=1S/C28H30N6/c1-17-5-9-29-21(13-17)25-26(22-14-18(2)6-10-30-22)34-28(24-16-20(4)8-12-32-24)27(33-25)23-15-19(3)7-11-31-23/h5-16,25-28,33-34H,1-4H3/t25-,26-,27+,28+. The summed E-state index contributed by atoms with van der Waals surface area (Å²) in [5.41, 5.74) is 8.63. The molecule has 6 heteroatoms. The first-order chi connectivity index (χ1) is 16.5. The van der Waals surface area contributed by atoms with Crippen molar-refractivity contribution in [3.05, 3.63) is 118 Å². The van der Waals surface area contributed by atoms with Crippen LogP contribution >= 0.6 is 0 Å². The molecule has 1 aliphatic rings. The average Bonchev–Trinajstić information content (AvgIpc) is 2.83. The fourth-order valence-corrected chi connectivity index (χ4v) is 4.71. The quantitative estimate of drug-likeness (QED) is 0.458. The molecular formula is C28H30N6. The first-order valence-electron chi connectivity index (χ1n) is 11.7. The fourth-order valence-electron chi connectivity index (χ4n) is 4.71. The van der Waals surface area contributed by atoms with Crippen LogP contribution in [0.5, 0.6) is 0 Å². The Morgan fingerprint density at radius 1 is 0.441 bits per heavy atom. The summed E-state index contributed by atoms with van der Waals surface area (Å²) in [4.78, 5) is 19.0. The van der Waals surface area contributed by atoms with E-state index in [2.05, 4.69) is 62.6 Å². The summed E-state index contributed by atoms with van der Waals surface area (Å²) in [6.45, 7) is 8.39. The minimum atomic E-state index is -0.0948. The van der Waals surface area contributed by atoms with E-state index < -0.39 is 0 Å². The highest BCUT2D eigenvalue weighted by Crippen LogP contribution is 2.41. The summed E-state index contributed by atoms with van der Waals surface area (Å²) in [7, 11) is 0. The Hall–Kier alpha value is -3.48. The first-order valence-corrected chi connectivity index (χ1v) is 11.7. The normalized spacial score (nSPS) is 22.5. The van der Waals surface area contributed by atoms with Gasteiger partial charge in [-0.2, -0.15) is 0 Å². The number of hydrogen-bond donors (Lipinski definition) is 2. The van der Waals surface area contributed by atoms with Gasteiger partial charge in [0.05, 0.1) is 46.9 Å². The van der Waals surface area contributed by atoms with Crippen molar-refractivity contribution in [1.29, 1.82) is 0 Å². The van der Waals surface area contributed by atoms with Gasteiger partial charge in [0, 0.05) is 24.8 Å². The second kappa shape index (κ2) is 9.41. The average molecular weight is 451 g/mol. The molecule has 1 fully saturated rings. The van der Waals surface area contributed by atoms with Crippen LogP contribution in [0.3, 0.4) is 0 Å². The molecule has 34 heavy (non-hydrogen) atoms. The Kier molecular flexibility index (Phi) is 6.18. The predicted octanol–water partition coefficient (Wildman–Crippen LogP) is 4.96. The van der Waals surface area contributed by atoms with Crippen LogP contribution in [0.4, 0.5) is 0 Å². The molecule has 0 aliphatic carbocycles. The van der Waals surface area contributed by atoms with Crippen molar-refractivity contribution in [1.82, 2.24) is 30.6 Å². The Morgan fingerprint density at radius 2 is 0.676 bits per heavy atom. The fraction of sp³-hybridized carbons (Fsp3) is 0.286. The third kappa shape index (κ3) is 4.60. The maximum absolute atomic E-state index is 4.75. The number of nitrogens with zero attached hydrogens (tertiary/aromatic N) is 4. The van der Waals surface area contributed by atoms with Crippen molar-refractivity contribution in [2.75, 3.05) is 0 Å². The Labute approximate surface area is 200 Å². The highest BCUT2D eigenvalue weighted by Gasteiger charge is 2.41. The predicted molar refractivity (Wildman–Crippen MR) is 133 cm³/mol. The van der Waals surface area contributed by atoms with Crippen LogP contribution in [0.25, 0.3) is 0 Å². The van der Waals surface area contributed by atoms with Crippen LogP contribution in [0.15, 0.2) is 73.3 Å². The monoisotopic (exact) mass is 450 g/mol. The Balaban J connectivity index is 1.65. The van der Waals surface area contributed by atoms with Crippen molar-refractivity contribution in [2.45, 2.75) is 51.9 Å². The summed E-state index contributed by atoms with van der Waals surface area (Å²) in [6.07, 6.45) is 7.50. The zero-order chi connectivity index (χ0) is 23.7. The molecule has 6 nitrogen and oxygen atoms in total. The minimum Gasteiger partial charge on any atom is -0.297 e. The van der Waals surface area contributed by atoms with Crippen LogP contribution in [-0.2, 0) is 0 Å². The second-order valence-electron chi connectivity index (χ2n) is 9.28. The first kappa shape index (κ1) is 22.3. The van der Waals surface area contributed by atoms with E-state index in [1.165, 1.54) is 22.3 Å². The minimum absolute atomic E-state index is 0.0948. The SMILES string of the molecule is Cc1ccnc([C@H]2N[C@@H](c3cc(C)ccn3)[C@H](c3cc(C)ccn3)N[C@@H]2c2cc(C)ccn2)c1. The van der Waals surface area contributed by atoms with Crippen LogP contribution in [0, 0.1) is 27.7 Å². The third-order valence-corrected chi connectivity index (χ3v) is 6.41. The van der Waals surface area contributed by atoms with Crippen LogP contribution < -0.4 is 10.6 Å². The van der Waals surface area contributed by atoms with E-state index in [1.807, 2.05) is 49.1 Å². The molecule has 5 rings (SSSR count). The van der Waals surface area contributed by atoms with Crippen molar-refractivity contribution >= 4 is 0 Å².